The highest BCUT2D eigenvalue weighted by Gasteiger charge is 2.30. The van der Waals surface area contributed by atoms with Gasteiger partial charge in [0.15, 0.2) is 0 Å². The van der Waals surface area contributed by atoms with Crippen LogP contribution in [0.1, 0.15) is 36.0 Å². The minimum atomic E-state index is -3.75. The van der Waals surface area contributed by atoms with Crippen molar-refractivity contribution in [2.75, 3.05) is 46.4 Å². The Morgan fingerprint density at radius 1 is 1.00 bits per heavy atom. The Morgan fingerprint density at radius 2 is 1.64 bits per heavy atom. The molecule has 0 bridgehead atoms. The minimum absolute atomic E-state index is 0.0750. The number of amides is 2. The van der Waals surface area contributed by atoms with E-state index in [1.165, 1.54) is 23.5 Å². The molecule has 28 heavy (non-hydrogen) atoms. The molecule has 0 unspecified atom stereocenters. The SMILES string of the molecule is COc1ccc(S(=O)(=O)N2CCN(C=O)CC2)cc1C(=O)N1CCCCCC1. The molecule has 2 heterocycles. The molecular weight excluding hydrogens is 382 g/mol. The summed E-state index contributed by atoms with van der Waals surface area (Å²) in [5.41, 5.74) is 0.275. The van der Waals surface area contributed by atoms with E-state index in [9.17, 15) is 18.0 Å². The molecule has 0 saturated carbocycles. The number of piperazine rings is 1. The van der Waals surface area contributed by atoms with Gasteiger partial charge in [0.2, 0.25) is 16.4 Å². The summed E-state index contributed by atoms with van der Waals surface area (Å²) in [6, 6.07) is 4.44. The lowest BCUT2D eigenvalue weighted by Gasteiger charge is -2.31. The number of hydrogen-bond donors (Lipinski definition) is 0. The lowest BCUT2D eigenvalue weighted by atomic mass is 10.1. The first-order valence-electron chi connectivity index (χ1n) is 9.64. The molecule has 0 atom stereocenters. The number of sulfonamides is 1. The van der Waals surface area contributed by atoms with Gasteiger partial charge < -0.3 is 14.5 Å². The zero-order valence-electron chi connectivity index (χ0n) is 16.2. The molecule has 0 aromatic heterocycles. The van der Waals surface area contributed by atoms with Gasteiger partial charge >= 0.3 is 0 Å². The van der Waals surface area contributed by atoms with Crippen molar-refractivity contribution in [2.24, 2.45) is 0 Å². The van der Waals surface area contributed by atoms with Crippen LogP contribution in [0.2, 0.25) is 0 Å². The van der Waals surface area contributed by atoms with Gasteiger partial charge in [0, 0.05) is 39.3 Å². The van der Waals surface area contributed by atoms with Crippen molar-refractivity contribution in [1.29, 1.82) is 0 Å². The highest BCUT2D eigenvalue weighted by molar-refractivity contribution is 7.89. The van der Waals surface area contributed by atoms with E-state index in [2.05, 4.69) is 0 Å². The molecule has 0 aliphatic carbocycles. The van der Waals surface area contributed by atoms with Crippen LogP contribution in [0.5, 0.6) is 5.75 Å². The van der Waals surface area contributed by atoms with E-state index in [1.807, 2.05) is 0 Å². The predicted octanol–water partition coefficient (Wildman–Crippen LogP) is 1.17. The number of hydrogen-bond acceptors (Lipinski definition) is 5. The lowest BCUT2D eigenvalue weighted by molar-refractivity contribution is -0.119. The van der Waals surface area contributed by atoms with Gasteiger partial charge in [-0.15, -0.1) is 0 Å². The van der Waals surface area contributed by atoms with Crippen molar-refractivity contribution >= 4 is 22.3 Å². The zero-order valence-corrected chi connectivity index (χ0v) is 17.0. The number of benzene rings is 1. The summed E-state index contributed by atoms with van der Waals surface area (Å²) < 4.78 is 32.8. The topological polar surface area (TPSA) is 87.2 Å². The Balaban J connectivity index is 1.87. The Labute approximate surface area is 166 Å². The summed E-state index contributed by atoms with van der Waals surface area (Å²) in [6.07, 6.45) is 4.83. The number of nitrogens with zero attached hydrogens (tertiary/aromatic N) is 3. The third kappa shape index (κ3) is 4.30. The van der Waals surface area contributed by atoms with Gasteiger partial charge in [-0.2, -0.15) is 4.31 Å². The molecule has 9 heteroatoms. The molecule has 3 rings (SSSR count). The first-order chi connectivity index (χ1) is 13.5. The fraction of sp³-hybridized carbons (Fsp3) is 0.579. The van der Waals surface area contributed by atoms with Crippen molar-refractivity contribution in [3.8, 4) is 5.75 Å². The number of ether oxygens (including phenoxy) is 1. The van der Waals surface area contributed by atoms with Crippen LogP contribution in [0.15, 0.2) is 23.1 Å². The van der Waals surface area contributed by atoms with Crippen LogP contribution >= 0.6 is 0 Å². The van der Waals surface area contributed by atoms with Gasteiger partial charge in [-0.1, -0.05) is 12.8 Å². The van der Waals surface area contributed by atoms with E-state index < -0.39 is 10.0 Å². The monoisotopic (exact) mass is 409 g/mol. The third-order valence-corrected chi connectivity index (χ3v) is 7.25. The zero-order chi connectivity index (χ0) is 20.1. The van der Waals surface area contributed by atoms with Crippen molar-refractivity contribution in [3.05, 3.63) is 23.8 Å². The van der Waals surface area contributed by atoms with Crippen LogP contribution in [0.25, 0.3) is 0 Å². The van der Waals surface area contributed by atoms with Crippen LogP contribution in [-0.2, 0) is 14.8 Å². The third-order valence-electron chi connectivity index (χ3n) is 5.35. The molecule has 2 saturated heterocycles. The summed E-state index contributed by atoms with van der Waals surface area (Å²) in [7, 11) is -2.27. The summed E-state index contributed by atoms with van der Waals surface area (Å²) >= 11 is 0. The molecule has 0 radical (unpaired) electrons. The molecule has 2 amide bonds. The molecular formula is C19H27N3O5S. The van der Waals surface area contributed by atoms with E-state index in [0.717, 1.165) is 32.1 Å². The highest BCUT2D eigenvalue weighted by Crippen LogP contribution is 2.27. The quantitative estimate of drug-likeness (QED) is 0.682. The van der Waals surface area contributed by atoms with Crippen LogP contribution in [0, 0.1) is 0 Å². The number of likely N-dealkylation sites (tertiary alicyclic amines) is 1. The second-order valence-electron chi connectivity index (χ2n) is 7.11. The standard InChI is InChI=1S/C19H27N3O5S/c1-27-18-7-6-16(28(25,26)22-12-10-20(15-23)11-13-22)14-17(18)19(24)21-8-4-2-3-5-9-21/h6-7,14-15H,2-5,8-13H2,1H3. The van der Waals surface area contributed by atoms with Crippen molar-refractivity contribution in [3.63, 3.8) is 0 Å². The molecule has 154 valence electrons. The number of carbonyl (C=O) groups excluding carboxylic acids is 2. The number of carbonyl (C=O) groups is 2. The number of methoxy groups -OCH3 is 1. The van der Waals surface area contributed by atoms with Crippen molar-refractivity contribution in [2.45, 2.75) is 30.6 Å². The first-order valence-corrected chi connectivity index (χ1v) is 11.1. The molecule has 0 N–H and O–H groups in total. The van der Waals surface area contributed by atoms with Gasteiger partial charge in [-0.3, -0.25) is 9.59 Å². The van der Waals surface area contributed by atoms with E-state index in [0.29, 0.717) is 31.9 Å². The average molecular weight is 410 g/mol. The molecule has 1 aromatic carbocycles. The maximum atomic E-state index is 13.1. The molecule has 8 nitrogen and oxygen atoms in total. The van der Waals surface area contributed by atoms with Gasteiger partial charge in [-0.05, 0) is 31.0 Å². The van der Waals surface area contributed by atoms with Crippen LogP contribution < -0.4 is 4.74 Å². The molecule has 2 fully saturated rings. The molecule has 1 aromatic rings. The Bertz CT molecular complexity index is 811. The predicted molar refractivity (Wildman–Crippen MR) is 104 cm³/mol. The smallest absolute Gasteiger partial charge is 0.257 e. The fourth-order valence-corrected chi connectivity index (χ4v) is 5.11. The molecule has 2 aliphatic rings. The lowest BCUT2D eigenvalue weighted by Crippen LogP contribution is -2.48. The average Bonchev–Trinajstić information content (AvgIpc) is 3.02. The summed E-state index contributed by atoms with van der Waals surface area (Å²) in [6.45, 7) is 2.54. The van der Waals surface area contributed by atoms with Gasteiger partial charge in [0.1, 0.15) is 5.75 Å². The molecule has 2 aliphatic heterocycles. The van der Waals surface area contributed by atoms with E-state index in [1.54, 1.807) is 15.9 Å². The van der Waals surface area contributed by atoms with Gasteiger partial charge in [0.05, 0.1) is 17.6 Å². The fourth-order valence-electron chi connectivity index (χ4n) is 3.66. The van der Waals surface area contributed by atoms with Crippen LogP contribution in [-0.4, -0.2) is 81.2 Å². The van der Waals surface area contributed by atoms with Crippen LogP contribution in [0.3, 0.4) is 0 Å². The van der Waals surface area contributed by atoms with Crippen molar-refractivity contribution in [1.82, 2.24) is 14.1 Å². The van der Waals surface area contributed by atoms with E-state index in [4.69, 9.17) is 4.74 Å². The van der Waals surface area contributed by atoms with Gasteiger partial charge in [-0.25, -0.2) is 8.42 Å². The summed E-state index contributed by atoms with van der Waals surface area (Å²) in [4.78, 5) is 27.3. The summed E-state index contributed by atoms with van der Waals surface area (Å²) in [5, 5.41) is 0. The minimum Gasteiger partial charge on any atom is -0.496 e. The normalized spacial score (nSPS) is 19.2. The first kappa shape index (κ1) is 20.6. The van der Waals surface area contributed by atoms with Gasteiger partial charge in [0.25, 0.3) is 5.91 Å². The van der Waals surface area contributed by atoms with Crippen LogP contribution in [0.4, 0.5) is 0 Å². The molecule has 0 spiro atoms. The highest BCUT2D eigenvalue weighted by atomic mass is 32.2. The number of rotatable bonds is 5. The maximum Gasteiger partial charge on any atom is 0.257 e. The Kier molecular flexibility index (Phi) is 6.56. The largest absolute Gasteiger partial charge is 0.496 e. The second kappa shape index (κ2) is 8.91. The van der Waals surface area contributed by atoms with Crippen molar-refractivity contribution < 1.29 is 22.7 Å². The second-order valence-corrected chi connectivity index (χ2v) is 9.05. The van der Waals surface area contributed by atoms with E-state index >= 15 is 0 Å². The Morgan fingerprint density at radius 3 is 2.21 bits per heavy atom. The van der Waals surface area contributed by atoms with E-state index in [-0.39, 0.29) is 29.5 Å². The Hall–Kier alpha value is -2.13. The maximum absolute atomic E-state index is 13.1. The summed E-state index contributed by atoms with van der Waals surface area (Å²) in [5.74, 6) is 0.181.